The second-order valence-electron chi connectivity index (χ2n) is 9.53. The molecular formula is C30H21BrF6N8S2. The Labute approximate surface area is 279 Å². The van der Waals surface area contributed by atoms with E-state index in [1.54, 1.807) is 54.2 Å². The largest absolute Gasteiger partial charge is 0.416 e. The zero-order chi connectivity index (χ0) is 33.8. The van der Waals surface area contributed by atoms with Gasteiger partial charge in [-0.25, -0.2) is 19.9 Å². The Kier molecular flexibility index (Phi) is 9.97. The number of rotatable bonds is 6. The quantitative estimate of drug-likeness (QED) is 0.124. The standard InChI is InChI=1S/C15H10BrF3N4S.C15H11F3N4S/c16-13-12(8-4-5-11(20)21-7-8)23-14(24-13)22-10-3-1-2-9(6-10)15(17,18)19;16-15(17,18)10-2-1-3-11(6-10)21-14-22-12(8-23-14)9-4-5-13(19)20-7-9/h1-7H,(H2,20,21)(H,22,23);1-8H,(H2,19,20)(H,21,22). The molecule has 0 bridgehead atoms. The predicted octanol–water partition coefficient (Wildman–Crippen LogP) is 9.86. The maximum Gasteiger partial charge on any atom is 0.416 e. The number of nitrogen functional groups attached to an aromatic ring is 2. The van der Waals surface area contributed by atoms with Crippen molar-refractivity contribution < 1.29 is 26.3 Å². The van der Waals surface area contributed by atoms with Crippen LogP contribution >= 0.6 is 38.6 Å². The fourth-order valence-corrected chi connectivity index (χ4v) is 6.15. The molecule has 0 fully saturated rings. The first kappa shape index (κ1) is 33.6. The minimum absolute atomic E-state index is 0.313. The zero-order valence-electron chi connectivity index (χ0n) is 23.6. The van der Waals surface area contributed by atoms with Crippen LogP contribution in [0.2, 0.25) is 0 Å². The predicted molar refractivity (Wildman–Crippen MR) is 177 cm³/mol. The first-order valence-electron chi connectivity index (χ1n) is 13.2. The third kappa shape index (κ3) is 8.96. The number of aromatic nitrogens is 4. The van der Waals surface area contributed by atoms with Crippen molar-refractivity contribution in [1.82, 2.24) is 19.9 Å². The molecule has 6 aromatic rings. The summed E-state index contributed by atoms with van der Waals surface area (Å²) >= 11 is 5.98. The minimum atomic E-state index is -4.39. The van der Waals surface area contributed by atoms with Crippen molar-refractivity contribution in [1.29, 1.82) is 0 Å². The number of nitrogens with one attached hydrogen (secondary N) is 2. The van der Waals surface area contributed by atoms with E-state index in [0.29, 0.717) is 44.7 Å². The molecule has 4 heterocycles. The van der Waals surface area contributed by atoms with Gasteiger partial charge in [0.2, 0.25) is 0 Å². The van der Waals surface area contributed by atoms with Gasteiger partial charge >= 0.3 is 12.4 Å². The van der Waals surface area contributed by atoms with Gasteiger partial charge in [0.25, 0.3) is 0 Å². The highest BCUT2D eigenvalue weighted by atomic mass is 79.9. The van der Waals surface area contributed by atoms with Crippen molar-refractivity contribution in [3.63, 3.8) is 0 Å². The molecule has 2 aromatic carbocycles. The van der Waals surface area contributed by atoms with Gasteiger partial charge in [0.05, 0.1) is 26.3 Å². The summed E-state index contributed by atoms with van der Waals surface area (Å²) in [6.07, 6.45) is -5.58. The SMILES string of the molecule is Nc1ccc(-c2csc(Nc3cccc(C(F)(F)F)c3)n2)cn1.Nc1ccc(-c2nc(Nc3cccc(C(F)(F)F)c3)sc2Br)cn1. The molecule has 0 atom stereocenters. The van der Waals surface area contributed by atoms with Crippen LogP contribution in [-0.4, -0.2) is 19.9 Å². The van der Waals surface area contributed by atoms with Gasteiger partial charge in [-0.15, -0.1) is 11.3 Å². The number of nitrogens with zero attached hydrogens (tertiary/aromatic N) is 4. The first-order valence-corrected chi connectivity index (χ1v) is 15.7. The molecule has 0 saturated carbocycles. The zero-order valence-corrected chi connectivity index (χ0v) is 26.8. The number of anilines is 6. The van der Waals surface area contributed by atoms with Crippen LogP contribution < -0.4 is 22.1 Å². The average molecular weight is 752 g/mol. The summed E-state index contributed by atoms with van der Waals surface area (Å²) in [6.45, 7) is 0. The van der Waals surface area contributed by atoms with Crippen molar-refractivity contribution in [2.75, 3.05) is 22.1 Å². The van der Waals surface area contributed by atoms with Crippen LogP contribution in [0.5, 0.6) is 0 Å². The lowest BCUT2D eigenvalue weighted by atomic mass is 10.2. The van der Waals surface area contributed by atoms with Crippen LogP contribution in [0.15, 0.2) is 94.4 Å². The van der Waals surface area contributed by atoms with Crippen LogP contribution in [0.3, 0.4) is 0 Å². The van der Waals surface area contributed by atoms with Crippen LogP contribution in [0.1, 0.15) is 11.1 Å². The average Bonchev–Trinajstić information content (AvgIpc) is 3.64. The first-order chi connectivity index (χ1) is 22.2. The van der Waals surface area contributed by atoms with Crippen LogP contribution in [0, 0.1) is 0 Å². The lowest BCUT2D eigenvalue weighted by Crippen LogP contribution is -2.05. The molecule has 0 aliphatic rings. The molecule has 0 spiro atoms. The molecule has 0 radical (unpaired) electrons. The lowest BCUT2D eigenvalue weighted by molar-refractivity contribution is -0.138. The van der Waals surface area contributed by atoms with Crippen LogP contribution in [0.25, 0.3) is 22.5 Å². The van der Waals surface area contributed by atoms with Gasteiger partial charge in [0.1, 0.15) is 11.6 Å². The summed E-state index contributed by atoms with van der Waals surface area (Å²) in [4.78, 5) is 16.7. The molecule has 0 unspecified atom stereocenters. The van der Waals surface area contributed by atoms with E-state index in [-0.39, 0.29) is 0 Å². The Morgan fingerprint density at radius 2 is 1.19 bits per heavy atom. The summed E-state index contributed by atoms with van der Waals surface area (Å²) < 4.78 is 77.1. The normalized spacial score (nSPS) is 11.5. The second kappa shape index (κ2) is 13.9. The van der Waals surface area contributed by atoms with Crippen molar-refractivity contribution in [2.24, 2.45) is 0 Å². The van der Waals surface area contributed by atoms with Gasteiger partial charge in [-0.1, -0.05) is 23.5 Å². The molecule has 0 saturated heterocycles. The Morgan fingerprint density at radius 3 is 1.70 bits per heavy atom. The van der Waals surface area contributed by atoms with Crippen molar-refractivity contribution in [3.8, 4) is 22.5 Å². The van der Waals surface area contributed by atoms with E-state index >= 15 is 0 Å². The van der Waals surface area contributed by atoms with Gasteiger partial charge in [-0.3, -0.25) is 0 Å². The summed E-state index contributed by atoms with van der Waals surface area (Å²) in [5.74, 6) is 0.804. The van der Waals surface area contributed by atoms with Crippen molar-refractivity contribution >= 4 is 71.9 Å². The topological polar surface area (TPSA) is 128 Å². The minimum Gasteiger partial charge on any atom is -0.384 e. The number of pyridine rings is 2. The fraction of sp³-hybridized carbons (Fsp3) is 0.0667. The van der Waals surface area contributed by atoms with E-state index in [1.165, 1.54) is 34.8 Å². The highest BCUT2D eigenvalue weighted by Gasteiger charge is 2.31. The molecule has 0 amide bonds. The van der Waals surface area contributed by atoms with Gasteiger partial charge < -0.3 is 22.1 Å². The molecule has 242 valence electrons. The van der Waals surface area contributed by atoms with Crippen LogP contribution in [-0.2, 0) is 12.4 Å². The van der Waals surface area contributed by atoms with Crippen molar-refractivity contribution in [2.45, 2.75) is 12.4 Å². The number of hydrogen-bond acceptors (Lipinski definition) is 10. The molecule has 6 rings (SSSR count). The van der Waals surface area contributed by atoms with Crippen LogP contribution in [0.4, 0.5) is 59.6 Å². The lowest BCUT2D eigenvalue weighted by Gasteiger charge is -2.08. The number of benzene rings is 2. The summed E-state index contributed by atoms with van der Waals surface area (Å²) in [5, 5.41) is 8.53. The van der Waals surface area contributed by atoms with E-state index in [9.17, 15) is 26.3 Å². The molecular weight excluding hydrogens is 730 g/mol. The van der Waals surface area contributed by atoms with Gasteiger partial charge in [-0.2, -0.15) is 26.3 Å². The van der Waals surface area contributed by atoms with E-state index in [4.69, 9.17) is 11.5 Å². The van der Waals surface area contributed by atoms with E-state index in [1.807, 2.05) is 0 Å². The monoisotopic (exact) mass is 750 g/mol. The maximum atomic E-state index is 12.8. The van der Waals surface area contributed by atoms with E-state index < -0.39 is 23.5 Å². The van der Waals surface area contributed by atoms with Gasteiger partial charge in [0, 0.05) is 40.3 Å². The third-order valence-electron chi connectivity index (χ3n) is 6.11. The Balaban J connectivity index is 0.000000185. The van der Waals surface area contributed by atoms with Crippen molar-refractivity contribution in [3.05, 3.63) is 105 Å². The fourth-order valence-electron chi connectivity index (χ4n) is 3.89. The smallest absolute Gasteiger partial charge is 0.384 e. The highest BCUT2D eigenvalue weighted by Crippen LogP contribution is 2.38. The molecule has 47 heavy (non-hydrogen) atoms. The summed E-state index contributed by atoms with van der Waals surface area (Å²) in [6, 6.07) is 16.8. The van der Waals surface area contributed by atoms with E-state index in [0.717, 1.165) is 39.2 Å². The number of halogens is 7. The molecule has 17 heteroatoms. The Hall–Kier alpha value is -4.74. The molecule has 8 nitrogen and oxygen atoms in total. The Bertz CT molecular complexity index is 1960. The molecule has 0 aliphatic heterocycles. The highest BCUT2D eigenvalue weighted by molar-refractivity contribution is 9.11. The second-order valence-corrected chi connectivity index (χ2v) is 12.7. The van der Waals surface area contributed by atoms with E-state index in [2.05, 4.69) is 46.5 Å². The van der Waals surface area contributed by atoms with Gasteiger partial charge in [0.15, 0.2) is 10.3 Å². The summed E-state index contributed by atoms with van der Waals surface area (Å²) in [7, 11) is 0. The molecule has 6 N–H and O–H groups in total. The Morgan fingerprint density at radius 1 is 0.660 bits per heavy atom. The number of thiazole rings is 2. The maximum absolute atomic E-state index is 12.8. The summed E-state index contributed by atoms with van der Waals surface area (Å²) in [5.41, 5.74) is 13.2. The third-order valence-corrected chi connectivity index (χ3v) is 8.49. The molecule has 0 aliphatic carbocycles. The molecule has 4 aromatic heterocycles. The number of nitrogens with two attached hydrogens (primary N) is 2. The number of alkyl halides is 6. The number of hydrogen-bond donors (Lipinski definition) is 4. The van der Waals surface area contributed by atoms with Gasteiger partial charge in [-0.05, 0) is 76.6 Å².